The molecule has 2 aliphatic rings. The summed E-state index contributed by atoms with van der Waals surface area (Å²) in [6, 6.07) is 0.542. The molecule has 0 amide bonds. The lowest BCUT2D eigenvalue weighted by Crippen LogP contribution is -2.39. The third kappa shape index (κ3) is 3.12. The van der Waals surface area contributed by atoms with Gasteiger partial charge < -0.3 is 9.64 Å². The SMILES string of the molecule is CN1CCCCC1Cn1ncc(OC2CCCC2)c1Cl. The van der Waals surface area contributed by atoms with Crippen molar-refractivity contribution in [3.63, 3.8) is 0 Å². The van der Waals surface area contributed by atoms with Crippen LogP contribution in [0.25, 0.3) is 0 Å². The van der Waals surface area contributed by atoms with E-state index in [4.69, 9.17) is 16.3 Å². The topological polar surface area (TPSA) is 30.3 Å². The number of ether oxygens (including phenoxy) is 1. The second-order valence-electron chi connectivity index (χ2n) is 6.14. The van der Waals surface area contributed by atoms with Gasteiger partial charge >= 0.3 is 0 Å². The standard InChI is InChI=1S/C15H24ClN3O/c1-18-9-5-4-6-12(18)11-19-15(16)14(10-17-19)20-13-7-2-3-8-13/h10,12-13H,2-9,11H2,1H3. The number of halogens is 1. The van der Waals surface area contributed by atoms with Crippen molar-refractivity contribution in [1.29, 1.82) is 0 Å². The number of rotatable bonds is 4. The largest absolute Gasteiger partial charge is 0.486 e. The summed E-state index contributed by atoms with van der Waals surface area (Å²) in [6.45, 7) is 2.04. The maximum atomic E-state index is 6.43. The molecule has 0 N–H and O–H groups in total. The number of hydrogen-bond acceptors (Lipinski definition) is 3. The van der Waals surface area contributed by atoms with Gasteiger partial charge in [-0.05, 0) is 52.1 Å². The van der Waals surface area contributed by atoms with Crippen molar-refractivity contribution in [1.82, 2.24) is 14.7 Å². The summed E-state index contributed by atoms with van der Waals surface area (Å²) in [7, 11) is 2.19. The number of nitrogens with zero attached hydrogens (tertiary/aromatic N) is 3. The molecule has 1 saturated heterocycles. The Morgan fingerprint density at radius 1 is 1.25 bits per heavy atom. The minimum atomic E-state index is 0.336. The van der Waals surface area contributed by atoms with E-state index in [9.17, 15) is 0 Å². The molecule has 1 aromatic heterocycles. The Kier molecular flexibility index (Phi) is 4.51. The van der Waals surface area contributed by atoms with Crippen molar-refractivity contribution in [3.05, 3.63) is 11.3 Å². The molecule has 1 unspecified atom stereocenters. The maximum absolute atomic E-state index is 6.43. The van der Waals surface area contributed by atoms with Crippen molar-refractivity contribution < 1.29 is 4.74 Å². The normalized spacial score (nSPS) is 25.2. The fraction of sp³-hybridized carbons (Fsp3) is 0.800. The molecule has 0 aromatic carbocycles. The predicted octanol–water partition coefficient (Wildman–Crippen LogP) is 3.34. The first kappa shape index (κ1) is 14.2. The number of likely N-dealkylation sites (N-methyl/N-ethyl adjacent to an activating group) is 1. The van der Waals surface area contributed by atoms with Crippen molar-refractivity contribution in [2.45, 2.75) is 63.6 Å². The third-order valence-corrected chi connectivity index (χ3v) is 5.03. The van der Waals surface area contributed by atoms with Gasteiger partial charge in [0.05, 0.1) is 18.8 Å². The van der Waals surface area contributed by atoms with Crippen LogP contribution in [-0.4, -0.2) is 40.4 Å². The van der Waals surface area contributed by atoms with Crippen LogP contribution in [0.1, 0.15) is 44.9 Å². The van der Waals surface area contributed by atoms with E-state index in [-0.39, 0.29) is 0 Å². The Bertz CT molecular complexity index is 442. The van der Waals surface area contributed by atoms with Crippen LogP contribution < -0.4 is 4.74 Å². The molecule has 1 aliphatic carbocycles. The summed E-state index contributed by atoms with van der Waals surface area (Å²) in [5.74, 6) is 0.761. The minimum Gasteiger partial charge on any atom is -0.486 e. The number of hydrogen-bond donors (Lipinski definition) is 0. The van der Waals surface area contributed by atoms with Crippen LogP contribution in [0.5, 0.6) is 5.75 Å². The zero-order valence-corrected chi connectivity index (χ0v) is 13.0. The second kappa shape index (κ2) is 6.35. The summed E-state index contributed by atoms with van der Waals surface area (Å²) >= 11 is 6.43. The molecule has 2 fully saturated rings. The van der Waals surface area contributed by atoms with Gasteiger partial charge in [-0.15, -0.1) is 0 Å². The Morgan fingerprint density at radius 3 is 2.75 bits per heavy atom. The van der Waals surface area contributed by atoms with Gasteiger partial charge in [0.1, 0.15) is 0 Å². The van der Waals surface area contributed by atoms with Crippen molar-refractivity contribution >= 4 is 11.6 Å². The van der Waals surface area contributed by atoms with Gasteiger partial charge in [-0.3, -0.25) is 0 Å². The quantitative estimate of drug-likeness (QED) is 0.854. The lowest BCUT2D eigenvalue weighted by atomic mass is 10.0. The third-order valence-electron chi connectivity index (χ3n) is 4.65. The minimum absolute atomic E-state index is 0.336. The summed E-state index contributed by atoms with van der Waals surface area (Å²) in [5.41, 5.74) is 0. The molecule has 1 atom stereocenters. The van der Waals surface area contributed by atoms with Crippen LogP contribution in [0.3, 0.4) is 0 Å². The summed E-state index contributed by atoms with van der Waals surface area (Å²) in [6.07, 6.45) is 10.8. The molecule has 0 spiro atoms. The van der Waals surface area contributed by atoms with Gasteiger partial charge in [0.15, 0.2) is 10.9 Å². The van der Waals surface area contributed by atoms with Gasteiger partial charge in [-0.1, -0.05) is 18.0 Å². The van der Waals surface area contributed by atoms with Crippen LogP contribution in [-0.2, 0) is 6.54 Å². The van der Waals surface area contributed by atoms with Crippen molar-refractivity contribution in [2.24, 2.45) is 0 Å². The highest BCUT2D eigenvalue weighted by Crippen LogP contribution is 2.30. The first-order valence-corrected chi connectivity index (χ1v) is 8.20. The number of piperidine rings is 1. The summed E-state index contributed by atoms with van der Waals surface area (Å²) < 4.78 is 7.87. The molecule has 2 heterocycles. The molecule has 4 nitrogen and oxygen atoms in total. The lowest BCUT2D eigenvalue weighted by molar-refractivity contribution is 0.163. The van der Waals surface area contributed by atoms with E-state index in [2.05, 4.69) is 17.0 Å². The predicted molar refractivity (Wildman–Crippen MR) is 80.4 cm³/mol. The highest BCUT2D eigenvalue weighted by atomic mass is 35.5. The maximum Gasteiger partial charge on any atom is 0.176 e. The van der Waals surface area contributed by atoms with E-state index < -0.39 is 0 Å². The second-order valence-corrected chi connectivity index (χ2v) is 6.49. The molecule has 0 bridgehead atoms. The van der Waals surface area contributed by atoms with Gasteiger partial charge in [-0.25, -0.2) is 4.68 Å². The smallest absolute Gasteiger partial charge is 0.176 e. The average molecular weight is 298 g/mol. The Balaban J connectivity index is 1.63. The van der Waals surface area contributed by atoms with Crippen LogP contribution >= 0.6 is 11.6 Å². The van der Waals surface area contributed by atoms with Gasteiger partial charge in [-0.2, -0.15) is 5.10 Å². The van der Waals surface area contributed by atoms with E-state index in [0.717, 1.165) is 25.1 Å². The molecular weight excluding hydrogens is 274 g/mol. The van der Waals surface area contributed by atoms with Gasteiger partial charge in [0.25, 0.3) is 0 Å². The van der Waals surface area contributed by atoms with Gasteiger partial charge in [0, 0.05) is 6.04 Å². The first-order chi connectivity index (χ1) is 9.74. The van der Waals surface area contributed by atoms with E-state index in [0.29, 0.717) is 17.3 Å². The number of aromatic nitrogens is 2. The first-order valence-electron chi connectivity index (χ1n) is 7.82. The van der Waals surface area contributed by atoms with E-state index in [1.54, 1.807) is 6.20 Å². The fourth-order valence-electron chi connectivity index (χ4n) is 3.32. The van der Waals surface area contributed by atoms with Crippen LogP contribution in [0, 0.1) is 0 Å². The molecule has 1 saturated carbocycles. The van der Waals surface area contributed by atoms with E-state index in [1.165, 1.54) is 38.6 Å². The highest BCUT2D eigenvalue weighted by Gasteiger charge is 2.23. The highest BCUT2D eigenvalue weighted by molar-refractivity contribution is 6.31. The Labute approximate surface area is 126 Å². The molecule has 1 aliphatic heterocycles. The van der Waals surface area contributed by atoms with Crippen LogP contribution in [0.4, 0.5) is 0 Å². The zero-order chi connectivity index (χ0) is 13.9. The fourth-order valence-corrected chi connectivity index (χ4v) is 3.53. The monoisotopic (exact) mass is 297 g/mol. The van der Waals surface area contributed by atoms with Gasteiger partial charge in [0.2, 0.25) is 0 Å². The molecule has 0 radical (unpaired) electrons. The van der Waals surface area contributed by atoms with E-state index >= 15 is 0 Å². The summed E-state index contributed by atoms with van der Waals surface area (Å²) in [4.78, 5) is 2.42. The molecule has 5 heteroatoms. The average Bonchev–Trinajstić information content (AvgIpc) is 3.06. The Morgan fingerprint density at radius 2 is 2.00 bits per heavy atom. The van der Waals surface area contributed by atoms with Crippen molar-refractivity contribution in [3.8, 4) is 5.75 Å². The van der Waals surface area contributed by atoms with E-state index in [1.807, 2.05) is 4.68 Å². The Hall–Kier alpha value is -0.740. The molecular formula is C15H24ClN3O. The van der Waals surface area contributed by atoms with Crippen LogP contribution in [0.2, 0.25) is 5.15 Å². The number of likely N-dealkylation sites (tertiary alicyclic amines) is 1. The van der Waals surface area contributed by atoms with Crippen LogP contribution in [0.15, 0.2) is 6.20 Å². The van der Waals surface area contributed by atoms with Crippen molar-refractivity contribution in [2.75, 3.05) is 13.6 Å². The summed E-state index contributed by atoms with van der Waals surface area (Å²) in [5, 5.41) is 5.08. The zero-order valence-electron chi connectivity index (χ0n) is 12.2. The lowest BCUT2D eigenvalue weighted by Gasteiger charge is -2.32. The molecule has 112 valence electrons. The molecule has 1 aromatic rings. The molecule has 20 heavy (non-hydrogen) atoms. The molecule has 3 rings (SSSR count).